The van der Waals surface area contributed by atoms with Crippen molar-refractivity contribution in [3.8, 4) is 6.07 Å². The molecule has 0 aliphatic heterocycles. The highest BCUT2D eigenvalue weighted by Crippen LogP contribution is 2.17. The zero-order chi connectivity index (χ0) is 15.6. The van der Waals surface area contributed by atoms with Crippen molar-refractivity contribution >= 4 is 5.69 Å². The molecule has 1 aromatic carbocycles. The highest BCUT2D eigenvalue weighted by molar-refractivity contribution is 5.55. The van der Waals surface area contributed by atoms with Crippen LogP contribution in [0.15, 0.2) is 33.9 Å². The van der Waals surface area contributed by atoms with Crippen molar-refractivity contribution in [2.45, 2.75) is 13.5 Å². The van der Waals surface area contributed by atoms with E-state index in [0.717, 1.165) is 15.8 Å². The Morgan fingerprint density at radius 1 is 1.19 bits per heavy atom. The number of nitrogens with zero attached hydrogens (tertiary/aromatic N) is 3. The van der Waals surface area contributed by atoms with Crippen molar-refractivity contribution in [2.24, 2.45) is 14.1 Å². The van der Waals surface area contributed by atoms with Gasteiger partial charge in [-0.3, -0.25) is 13.9 Å². The van der Waals surface area contributed by atoms with E-state index in [1.54, 1.807) is 19.2 Å². The lowest BCUT2D eigenvalue weighted by atomic mass is 10.1. The predicted octanol–water partition coefficient (Wildman–Crippen LogP) is 0.876. The Labute approximate surface area is 121 Å². The minimum Gasteiger partial charge on any atom is -0.379 e. The summed E-state index contributed by atoms with van der Waals surface area (Å²) in [6, 6.07) is 8.85. The number of rotatable bonds is 3. The molecule has 0 saturated carbocycles. The topological polar surface area (TPSA) is 79.8 Å². The van der Waals surface area contributed by atoms with Crippen LogP contribution in [0.5, 0.6) is 0 Å². The minimum absolute atomic E-state index is 0.331. The van der Waals surface area contributed by atoms with E-state index in [1.807, 2.05) is 13.0 Å². The van der Waals surface area contributed by atoms with E-state index in [2.05, 4.69) is 11.4 Å². The van der Waals surface area contributed by atoms with Crippen LogP contribution in [0.4, 0.5) is 5.69 Å². The molecule has 1 N–H and O–H groups in total. The Bertz CT molecular complexity index is 840. The van der Waals surface area contributed by atoms with Crippen LogP contribution in [0.2, 0.25) is 0 Å². The first kappa shape index (κ1) is 14.6. The second-order valence-electron chi connectivity index (χ2n) is 4.87. The number of aryl methyl sites for hydroxylation is 1. The fraction of sp³-hybridized carbons (Fsp3) is 0.267. The van der Waals surface area contributed by atoms with Gasteiger partial charge in [-0.05, 0) is 24.6 Å². The maximum absolute atomic E-state index is 11.8. The summed E-state index contributed by atoms with van der Waals surface area (Å²) < 4.78 is 2.49. The summed E-state index contributed by atoms with van der Waals surface area (Å²) in [6.45, 7) is 2.25. The SMILES string of the molecule is Cc1ccc(C#N)cc1NCc1cc(=O)n(C)c(=O)n1C. The van der Waals surface area contributed by atoms with E-state index < -0.39 is 0 Å². The highest BCUT2D eigenvalue weighted by atomic mass is 16.2. The first-order valence-electron chi connectivity index (χ1n) is 6.44. The molecule has 0 amide bonds. The molecule has 0 aliphatic rings. The monoisotopic (exact) mass is 284 g/mol. The zero-order valence-corrected chi connectivity index (χ0v) is 12.2. The van der Waals surface area contributed by atoms with E-state index in [9.17, 15) is 9.59 Å². The lowest BCUT2D eigenvalue weighted by molar-refractivity contribution is 0.655. The number of aromatic nitrogens is 2. The molecule has 6 heteroatoms. The normalized spacial score (nSPS) is 10.2. The number of nitriles is 1. The van der Waals surface area contributed by atoms with Gasteiger partial charge in [0.2, 0.25) is 0 Å². The smallest absolute Gasteiger partial charge is 0.330 e. The third-order valence-corrected chi connectivity index (χ3v) is 3.45. The van der Waals surface area contributed by atoms with Crippen LogP contribution in [0.3, 0.4) is 0 Å². The molecular weight excluding hydrogens is 268 g/mol. The maximum atomic E-state index is 11.8. The zero-order valence-electron chi connectivity index (χ0n) is 12.2. The average Bonchev–Trinajstić information content (AvgIpc) is 2.49. The Hall–Kier alpha value is -2.81. The Kier molecular flexibility index (Phi) is 3.94. The Balaban J connectivity index is 2.32. The molecule has 0 spiro atoms. The number of benzene rings is 1. The van der Waals surface area contributed by atoms with Gasteiger partial charge < -0.3 is 5.32 Å². The van der Waals surface area contributed by atoms with Crippen LogP contribution < -0.4 is 16.6 Å². The molecule has 1 aromatic heterocycles. The van der Waals surface area contributed by atoms with Gasteiger partial charge in [0, 0.05) is 31.5 Å². The summed E-state index contributed by atoms with van der Waals surface area (Å²) in [6.07, 6.45) is 0. The molecule has 0 aliphatic carbocycles. The van der Waals surface area contributed by atoms with Crippen molar-refractivity contribution in [1.29, 1.82) is 5.26 Å². The molecule has 1 heterocycles. The first-order valence-corrected chi connectivity index (χ1v) is 6.44. The van der Waals surface area contributed by atoms with Gasteiger partial charge in [0.05, 0.1) is 18.2 Å². The van der Waals surface area contributed by atoms with Gasteiger partial charge in [0.15, 0.2) is 0 Å². The molecule has 0 saturated heterocycles. The van der Waals surface area contributed by atoms with Crippen molar-refractivity contribution in [3.63, 3.8) is 0 Å². The van der Waals surface area contributed by atoms with E-state index >= 15 is 0 Å². The second kappa shape index (κ2) is 5.67. The highest BCUT2D eigenvalue weighted by Gasteiger charge is 2.06. The van der Waals surface area contributed by atoms with Gasteiger partial charge in [0.25, 0.3) is 5.56 Å². The third kappa shape index (κ3) is 2.87. The lowest BCUT2D eigenvalue weighted by Gasteiger charge is -2.13. The Morgan fingerprint density at radius 3 is 2.57 bits per heavy atom. The molecule has 108 valence electrons. The van der Waals surface area contributed by atoms with Crippen LogP contribution >= 0.6 is 0 Å². The fourth-order valence-electron chi connectivity index (χ4n) is 2.02. The number of anilines is 1. The summed E-state index contributed by atoms with van der Waals surface area (Å²) in [4.78, 5) is 23.5. The van der Waals surface area contributed by atoms with Crippen LogP contribution in [0, 0.1) is 18.3 Å². The van der Waals surface area contributed by atoms with Gasteiger partial charge in [-0.25, -0.2) is 4.79 Å². The largest absolute Gasteiger partial charge is 0.379 e. The molecule has 0 unspecified atom stereocenters. The molecule has 2 rings (SSSR count). The molecule has 0 bridgehead atoms. The number of hydrogen-bond acceptors (Lipinski definition) is 4. The van der Waals surface area contributed by atoms with E-state index in [1.165, 1.54) is 17.7 Å². The van der Waals surface area contributed by atoms with E-state index in [4.69, 9.17) is 5.26 Å². The predicted molar refractivity (Wildman–Crippen MR) is 80.1 cm³/mol. The van der Waals surface area contributed by atoms with Crippen molar-refractivity contribution in [2.75, 3.05) is 5.32 Å². The number of nitrogens with one attached hydrogen (secondary N) is 1. The summed E-state index contributed by atoms with van der Waals surface area (Å²) in [5, 5.41) is 12.1. The molecule has 0 fully saturated rings. The van der Waals surface area contributed by atoms with Crippen molar-refractivity contribution < 1.29 is 0 Å². The van der Waals surface area contributed by atoms with Crippen molar-refractivity contribution in [3.05, 3.63) is 61.9 Å². The van der Waals surface area contributed by atoms with Gasteiger partial charge in [0.1, 0.15) is 0 Å². The summed E-state index contributed by atoms with van der Waals surface area (Å²) in [7, 11) is 3.07. The third-order valence-electron chi connectivity index (χ3n) is 3.45. The van der Waals surface area contributed by atoms with E-state index in [0.29, 0.717) is 17.8 Å². The fourth-order valence-corrected chi connectivity index (χ4v) is 2.02. The molecule has 0 atom stereocenters. The average molecular weight is 284 g/mol. The van der Waals surface area contributed by atoms with Gasteiger partial charge in [-0.2, -0.15) is 5.26 Å². The quantitative estimate of drug-likeness (QED) is 0.907. The summed E-state index contributed by atoms with van der Waals surface area (Å²) in [5.74, 6) is 0. The Morgan fingerprint density at radius 2 is 1.90 bits per heavy atom. The van der Waals surface area contributed by atoms with E-state index in [-0.39, 0.29) is 11.2 Å². The maximum Gasteiger partial charge on any atom is 0.330 e. The first-order chi connectivity index (χ1) is 9.93. The van der Waals surface area contributed by atoms with Crippen LogP contribution in [0.1, 0.15) is 16.8 Å². The van der Waals surface area contributed by atoms with Crippen LogP contribution in [-0.4, -0.2) is 9.13 Å². The minimum atomic E-state index is -0.359. The van der Waals surface area contributed by atoms with Gasteiger partial charge in [-0.1, -0.05) is 6.07 Å². The second-order valence-corrected chi connectivity index (χ2v) is 4.87. The van der Waals surface area contributed by atoms with Gasteiger partial charge in [-0.15, -0.1) is 0 Å². The molecule has 2 aromatic rings. The summed E-state index contributed by atoms with van der Waals surface area (Å²) >= 11 is 0. The van der Waals surface area contributed by atoms with Crippen LogP contribution in [-0.2, 0) is 20.6 Å². The molecule has 21 heavy (non-hydrogen) atoms. The molecule has 0 radical (unpaired) electrons. The number of hydrogen-bond donors (Lipinski definition) is 1. The lowest BCUT2D eigenvalue weighted by Crippen LogP contribution is -2.38. The standard InChI is InChI=1S/C15H16N4O2/c1-10-4-5-11(8-16)6-13(10)17-9-12-7-14(20)19(3)15(21)18(12)2/h4-7,17H,9H2,1-3H3. The summed E-state index contributed by atoms with van der Waals surface area (Å²) in [5.41, 5.74) is 2.25. The van der Waals surface area contributed by atoms with Gasteiger partial charge >= 0.3 is 5.69 Å². The molecular formula is C15H16N4O2. The van der Waals surface area contributed by atoms with Crippen LogP contribution in [0.25, 0.3) is 0 Å². The van der Waals surface area contributed by atoms with Crippen molar-refractivity contribution in [1.82, 2.24) is 9.13 Å². The molecule has 6 nitrogen and oxygen atoms in total.